The van der Waals surface area contributed by atoms with E-state index in [0.717, 1.165) is 29.2 Å². The zero-order valence-corrected chi connectivity index (χ0v) is 12.3. The van der Waals surface area contributed by atoms with Gasteiger partial charge in [-0.1, -0.05) is 0 Å². The monoisotopic (exact) mass is 310 g/mol. The van der Waals surface area contributed by atoms with E-state index in [4.69, 9.17) is 0 Å². The van der Waals surface area contributed by atoms with Crippen LogP contribution in [0.25, 0.3) is 0 Å². The van der Waals surface area contributed by atoms with Crippen LogP contribution < -0.4 is 0 Å². The maximum Gasteiger partial charge on any atom is 0.270 e. The number of nitrogens with zero attached hydrogens (tertiary/aromatic N) is 2. The van der Waals surface area contributed by atoms with Gasteiger partial charge in [-0.3, -0.25) is 4.79 Å². The molecule has 0 aromatic carbocycles. The lowest BCUT2D eigenvalue weighted by atomic mass is 10.3. The van der Waals surface area contributed by atoms with Gasteiger partial charge < -0.3 is 9.47 Å². The van der Waals surface area contributed by atoms with Crippen LogP contribution in [0.5, 0.6) is 0 Å². The predicted octanol–water partition coefficient (Wildman–Crippen LogP) is 3.29. The fourth-order valence-electron chi connectivity index (χ4n) is 2.43. The standard InChI is InChI=1S/C14H19BrN2O/c1-2-16-9-11(15)7-13(16)14(18)17(12-5-6-12)8-10-3-4-10/h7,9-10,12H,2-6,8H2,1H3. The quantitative estimate of drug-likeness (QED) is 0.819. The van der Waals surface area contributed by atoms with Gasteiger partial charge in [0.1, 0.15) is 5.69 Å². The third-order valence-corrected chi connectivity index (χ3v) is 4.26. The highest BCUT2D eigenvalue weighted by Crippen LogP contribution is 2.35. The Morgan fingerprint density at radius 3 is 2.72 bits per heavy atom. The lowest BCUT2D eigenvalue weighted by molar-refractivity contribution is 0.0724. The molecule has 98 valence electrons. The van der Waals surface area contributed by atoms with E-state index in [1.165, 1.54) is 25.7 Å². The molecule has 2 aliphatic carbocycles. The van der Waals surface area contributed by atoms with Crippen LogP contribution in [-0.4, -0.2) is 28.0 Å². The average Bonchev–Trinajstić information content (AvgIpc) is 3.23. The summed E-state index contributed by atoms with van der Waals surface area (Å²) >= 11 is 3.47. The van der Waals surface area contributed by atoms with Crippen molar-refractivity contribution in [2.75, 3.05) is 6.54 Å². The first-order valence-electron chi connectivity index (χ1n) is 6.85. The molecule has 0 unspecified atom stereocenters. The van der Waals surface area contributed by atoms with Crippen molar-refractivity contribution < 1.29 is 4.79 Å². The molecule has 2 fully saturated rings. The van der Waals surface area contributed by atoms with Gasteiger partial charge in [-0.2, -0.15) is 0 Å². The summed E-state index contributed by atoms with van der Waals surface area (Å²) in [4.78, 5) is 14.8. The van der Waals surface area contributed by atoms with Crippen molar-refractivity contribution in [1.29, 1.82) is 0 Å². The van der Waals surface area contributed by atoms with Crippen LogP contribution in [0.15, 0.2) is 16.7 Å². The maximum absolute atomic E-state index is 12.7. The van der Waals surface area contributed by atoms with Crippen molar-refractivity contribution in [3.05, 3.63) is 22.4 Å². The Labute approximate surface area is 116 Å². The first-order valence-corrected chi connectivity index (χ1v) is 7.65. The Bertz CT molecular complexity index is 460. The van der Waals surface area contributed by atoms with Gasteiger partial charge in [0.15, 0.2) is 0 Å². The predicted molar refractivity (Wildman–Crippen MR) is 74.6 cm³/mol. The highest BCUT2D eigenvalue weighted by atomic mass is 79.9. The number of aromatic nitrogens is 1. The molecule has 18 heavy (non-hydrogen) atoms. The zero-order valence-electron chi connectivity index (χ0n) is 10.7. The number of hydrogen-bond acceptors (Lipinski definition) is 1. The van der Waals surface area contributed by atoms with E-state index >= 15 is 0 Å². The fraction of sp³-hybridized carbons (Fsp3) is 0.643. The van der Waals surface area contributed by atoms with E-state index in [-0.39, 0.29) is 5.91 Å². The molecule has 2 aliphatic rings. The summed E-state index contributed by atoms with van der Waals surface area (Å²) in [6.45, 7) is 3.89. The van der Waals surface area contributed by atoms with E-state index in [1.807, 2.05) is 16.8 Å². The number of hydrogen-bond donors (Lipinski definition) is 0. The van der Waals surface area contributed by atoms with Crippen molar-refractivity contribution in [3.8, 4) is 0 Å². The first kappa shape index (κ1) is 12.3. The highest BCUT2D eigenvalue weighted by Gasteiger charge is 2.37. The Hall–Kier alpha value is -0.770. The molecule has 0 spiro atoms. The second-order valence-electron chi connectivity index (χ2n) is 5.46. The minimum Gasteiger partial charge on any atom is -0.343 e. The van der Waals surface area contributed by atoms with Gasteiger partial charge in [-0.15, -0.1) is 0 Å². The molecule has 0 radical (unpaired) electrons. The van der Waals surface area contributed by atoms with E-state index in [9.17, 15) is 4.79 Å². The second kappa shape index (κ2) is 4.72. The van der Waals surface area contributed by atoms with Crippen molar-refractivity contribution in [2.24, 2.45) is 5.92 Å². The van der Waals surface area contributed by atoms with Crippen molar-refractivity contribution in [1.82, 2.24) is 9.47 Å². The molecule has 3 nitrogen and oxygen atoms in total. The second-order valence-corrected chi connectivity index (χ2v) is 6.38. The summed E-state index contributed by atoms with van der Waals surface area (Å²) in [5.41, 5.74) is 0.830. The van der Waals surface area contributed by atoms with Crippen molar-refractivity contribution in [2.45, 2.75) is 45.2 Å². The number of carbonyl (C=O) groups excluding carboxylic acids is 1. The molecule has 0 bridgehead atoms. The van der Waals surface area contributed by atoms with Crippen LogP contribution in [0, 0.1) is 5.92 Å². The third kappa shape index (κ3) is 2.48. The van der Waals surface area contributed by atoms with E-state index in [1.54, 1.807) is 0 Å². The maximum atomic E-state index is 12.7. The number of halogens is 1. The molecule has 1 aromatic rings. The number of rotatable bonds is 5. The third-order valence-electron chi connectivity index (χ3n) is 3.82. The summed E-state index contributed by atoms with van der Waals surface area (Å²) in [6, 6.07) is 2.46. The van der Waals surface area contributed by atoms with E-state index in [2.05, 4.69) is 27.8 Å². The van der Waals surface area contributed by atoms with Crippen LogP contribution >= 0.6 is 15.9 Å². The smallest absolute Gasteiger partial charge is 0.270 e. The number of carbonyl (C=O) groups is 1. The summed E-state index contributed by atoms with van der Waals surface area (Å²) in [6.07, 6.45) is 6.97. The number of aryl methyl sites for hydroxylation is 1. The molecule has 1 heterocycles. The van der Waals surface area contributed by atoms with Crippen molar-refractivity contribution in [3.63, 3.8) is 0 Å². The van der Waals surface area contributed by atoms with E-state index in [0.29, 0.717) is 6.04 Å². The molecule has 4 heteroatoms. The molecule has 3 rings (SSSR count). The van der Waals surface area contributed by atoms with E-state index < -0.39 is 0 Å². The largest absolute Gasteiger partial charge is 0.343 e. The lowest BCUT2D eigenvalue weighted by Crippen LogP contribution is -2.36. The van der Waals surface area contributed by atoms with Gasteiger partial charge in [0.05, 0.1) is 0 Å². The van der Waals surface area contributed by atoms with Gasteiger partial charge in [0.2, 0.25) is 0 Å². The Morgan fingerprint density at radius 1 is 1.44 bits per heavy atom. The summed E-state index contributed by atoms with van der Waals surface area (Å²) in [5, 5.41) is 0. The lowest BCUT2D eigenvalue weighted by Gasteiger charge is -2.22. The first-order chi connectivity index (χ1) is 8.69. The summed E-state index contributed by atoms with van der Waals surface area (Å²) in [5.74, 6) is 0.986. The van der Waals surface area contributed by atoms with Crippen molar-refractivity contribution >= 4 is 21.8 Å². The van der Waals surface area contributed by atoms with Gasteiger partial charge in [0.25, 0.3) is 5.91 Å². The molecule has 0 N–H and O–H groups in total. The molecule has 1 amide bonds. The normalized spacial score (nSPS) is 19.0. The van der Waals surface area contributed by atoms with Crippen LogP contribution in [0.1, 0.15) is 43.1 Å². The Morgan fingerprint density at radius 2 is 2.17 bits per heavy atom. The van der Waals surface area contributed by atoms with Crippen LogP contribution in [0.2, 0.25) is 0 Å². The molecule has 0 aliphatic heterocycles. The zero-order chi connectivity index (χ0) is 12.7. The van der Waals surface area contributed by atoms with Crippen LogP contribution in [0.3, 0.4) is 0 Å². The molecular weight excluding hydrogens is 292 g/mol. The molecule has 0 saturated heterocycles. The van der Waals surface area contributed by atoms with Crippen LogP contribution in [0.4, 0.5) is 0 Å². The summed E-state index contributed by atoms with van der Waals surface area (Å²) < 4.78 is 3.03. The topological polar surface area (TPSA) is 25.2 Å². The molecule has 0 atom stereocenters. The molecule has 1 aromatic heterocycles. The van der Waals surface area contributed by atoms with Gasteiger partial charge in [-0.05, 0) is 60.5 Å². The average molecular weight is 311 g/mol. The van der Waals surface area contributed by atoms with Crippen LogP contribution in [-0.2, 0) is 6.54 Å². The SMILES string of the molecule is CCn1cc(Br)cc1C(=O)N(CC1CC1)C1CC1. The minimum atomic E-state index is 0.219. The molecular formula is C14H19BrN2O. The van der Waals surface area contributed by atoms with Gasteiger partial charge in [0, 0.05) is 29.8 Å². The summed E-state index contributed by atoms with van der Waals surface area (Å²) in [7, 11) is 0. The molecule has 2 saturated carbocycles. The Kier molecular flexibility index (Phi) is 3.22. The fourth-order valence-corrected chi connectivity index (χ4v) is 2.89. The van der Waals surface area contributed by atoms with Gasteiger partial charge >= 0.3 is 0 Å². The minimum absolute atomic E-state index is 0.219. The Balaban J connectivity index is 1.81. The number of amides is 1. The highest BCUT2D eigenvalue weighted by molar-refractivity contribution is 9.10. The van der Waals surface area contributed by atoms with Gasteiger partial charge in [-0.25, -0.2) is 0 Å².